The van der Waals surface area contributed by atoms with E-state index in [2.05, 4.69) is 40.3 Å². The zero-order chi connectivity index (χ0) is 10.6. The van der Waals surface area contributed by atoms with Gasteiger partial charge in [-0.2, -0.15) is 0 Å². The molecule has 0 aromatic heterocycles. The summed E-state index contributed by atoms with van der Waals surface area (Å²) in [7, 11) is 0. The first-order valence-corrected chi connectivity index (χ1v) is 4.84. The number of hydrogen-bond acceptors (Lipinski definition) is 1. The first-order valence-electron chi connectivity index (χ1n) is 4.84. The van der Waals surface area contributed by atoms with Gasteiger partial charge in [0, 0.05) is 6.04 Å². The van der Waals surface area contributed by atoms with E-state index in [-0.39, 0.29) is 11.5 Å². The lowest BCUT2D eigenvalue weighted by Crippen LogP contribution is -2.39. The second-order valence-corrected chi connectivity index (χ2v) is 4.96. The quantitative estimate of drug-likeness (QED) is 0.665. The lowest BCUT2D eigenvalue weighted by atomic mass is 9.80. The summed E-state index contributed by atoms with van der Waals surface area (Å²) in [6.07, 6.45) is 4.18. The minimum Gasteiger partial charge on any atom is -0.327 e. The van der Waals surface area contributed by atoms with E-state index in [1.165, 1.54) is 0 Å². The van der Waals surface area contributed by atoms with E-state index in [9.17, 15) is 0 Å². The smallest absolute Gasteiger partial charge is 0.0148 e. The molecule has 0 amide bonds. The molecule has 0 saturated carbocycles. The maximum Gasteiger partial charge on any atom is 0.0148 e. The Morgan fingerprint density at radius 1 is 1.38 bits per heavy atom. The molecule has 0 spiro atoms. The molecule has 0 aromatic carbocycles. The Morgan fingerprint density at radius 3 is 2.15 bits per heavy atom. The molecule has 0 aromatic rings. The van der Waals surface area contributed by atoms with Crippen molar-refractivity contribution in [2.45, 2.75) is 40.7 Å². The van der Waals surface area contributed by atoms with Gasteiger partial charge < -0.3 is 5.73 Å². The summed E-state index contributed by atoms with van der Waals surface area (Å²) >= 11 is 0. The molecule has 0 aliphatic carbocycles. The summed E-state index contributed by atoms with van der Waals surface area (Å²) in [4.78, 5) is 0. The lowest BCUT2D eigenvalue weighted by molar-refractivity contribution is 0.276. The van der Waals surface area contributed by atoms with Gasteiger partial charge in [-0.25, -0.2) is 0 Å². The molecule has 2 N–H and O–H groups in total. The highest BCUT2D eigenvalue weighted by atomic mass is 14.7. The molecule has 0 rings (SSSR count). The van der Waals surface area contributed by atoms with E-state index in [1.54, 1.807) is 0 Å². The van der Waals surface area contributed by atoms with Crippen LogP contribution in [0.5, 0.6) is 0 Å². The van der Waals surface area contributed by atoms with E-state index < -0.39 is 0 Å². The number of allylic oxidation sites excluding steroid dienone is 2. The van der Waals surface area contributed by atoms with Crippen molar-refractivity contribution in [1.82, 2.24) is 0 Å². The molecular formula is C12H23N. The molecule has 0 radical (unpaired) electrons. The normalized spacial score (nSPS) is 17.4. The minimum absolute atomic E-state index is 0.166. The van der Waals surface area contributed by atoms with Gasteiger partial charge in [0.15, 0.2) is 0 Å². The Balaban J connectivity index is 4.27. The van der Waals surface area contributed by atoms with Gasteiger partial charge in [-0.3, -0.25) is 0 Å². The highest BCUT2D eigenvalue weighted by Crippen LogP contribution is 2.24. The van der Waals surface area contributed by atoms with Crippen molar-refractivity contribution in [3.05, 3.63) is 24.3 Å². The Bertz CT molecular complexity index is 196. The molecule has 0 bridgehead atoms. The van der Waals surface area contributed by atoms with Gasteiger partial charge in [-0.05, 0) is 18.3 Å². The molecule has 76 valence electrons. The van der Waals surface area contributed by atoms with Crippen LogP contribution in [0.4, 0.5) is 0 Å². The van der Waals surface area contributed by atoms with Gasteiger partial charge in [0.2, 0.25) is 0 Å². The third-order valence-corrected chi connectivity index (χ3v) is 2.25. The van der Waals surface area contributed by atoms with Crippen molar-refractivity contribution in [3.8, 4) is 0 Å². The first kappa shape index (κ1) is 12.4. The first-order chi connectivity index (χ1) is 5.75. The van der Waals surface area contributed by atoms with Crippen LogP contribution in [0.3, 0.4) is 0 Å². The predicted octanol–water partition coefficient (Wildman–Crippen LogP) is 3.13. The Kier molecular flexibility index (Phi) is 4.41. The van der Waals surface area contributed by atoms with E-state index in [4.69, 9.17) is 5.73 Å². The van der Waals surface area contributed by atoms with Crippen molar-refractivity contribution >= 4 is 0 Å². The van der Waals surface area contributed by atoms with Crippen LogP contribution in [-0.2, 0) is 0 Å². The van der Waals surface area contributed by atoms with Crippen LogP contribution < -0.4 is 5.73 Å². The fourth-order valence-electron chi connectivity index (χ4n) is 1.22. The molecular weight excluding hydrogens is 158 g/mol. The summed E-state index contributed by atoms with van der Waals surface area (Å²) in [6.45, 7) is 14.5. The molecule has 1 heteroatoms. The van der Waals surface area contributed by atoms with Crippen LogP contribution in [0.2, 0.25) is 0 Å². The monoisotopic (exact) mass is 181 g/mol. The molecule has 13 heavy (non-hydrogen) atoms. The van der Waals surface area contributed by atoms with Crippen molar-refractivity contribution in [2.24, 2.45) is 17.1 Å². The highest BCUT2D eigenvalue weighted by Gasteiger charge is 2.24. The van der Waals surface area contributed by atoms with Crippen molar-refractivity contribution < 1.29 is 0 Å². The summed E-state index contributed by atoms with van der Waals surface area (Å²) in [5.41, 5.74) is 7.34. The van der Waals surface area contributed by atoms with E-state index in [0.29, 0.717) is 5.92 Å². The maximum atomic E-state index is 6.10. The number of hydrogen-bond donors (Lipinski definition) is 1. The van der Waals surface area contributed by atoms with Gasteiger partial charge in [-0.1, -0.05) is 52.0 Å². The van der Waals surface area contributed by atoms with Gasteiger partial charge in [0.1, 0.15) is 0 Å². The number of rotatable bonds is 3. The zero-order valence-electron chi connectivity index (χ0n) is 9.59. The van der Waals surface area contributed by atoms with Gasteiger partial charge in [0.25, 0.3) is 0 Å². The molecule has 2 atom stereocenters. The van der Waals surface area contributed by atoms with Crippen LogP contribution in [-0.4, -0.2) is 6.04 Å². The van der Waals surface area contributed by atoms with Gasteiger partial charge >= 0.3 is 0 Å². The summed E-state index contributed by atoms with van der Waals surface area (Å²) in [5.74, 6) is 0.400. The summed E-state index contributed by atoms with van der Waals surface area (Å²) in [6, 6.07) is 0.197. The standard InChI is InChI=1S/C12H23N/c1-9(2)7-8-10(3)11(13)12(4,5)6/h7-8,10-11H,1,13H2,2-6H3/b8-7-/t10?,11-/m1/s1. The van der Waals surface area contributed by atoms with E-state index >= 15 is 0 Å². The molecule has 1 unspecified atom stereocenters. The largest absolute Gasteiger partial charge is 0.327 e. The van der Waals surface area contributed by atoms with E-state index in [0.717, 1.165) is 5.57 Å². The van der Waals surface area contributed by atoms with Crippen LogP contribution in [0.15, 0.2) is 24.3 Å². The lowest BCUT2D eigenvalue weighted by Gasteiger charge is -2.30. The fourth-order valence-corrected chi connectivity index (χ4v) is 1.22. The summed E-state index contributed by atoms with van der Waals surface area (Å²) < 4.78 is 0. The second kappa shape index (κ2) is 4.61. The van der Waals surface area contributed by atoms with Gasteiger partial charge in [0.05, 0.1) is 0 Å². The Morgan fingerprint density at radius 2 is 1.85 bits per heavy atom. The third-order valence-electron chi connectivity index (χ3n) is 2.25. The molecule has 1 nitrogen and oxygen atoms in total. The van der Waals surface area contributed by atoms with Crippen LogP contribution in [0, 0.1) is 11.3 Å². The summed E-state index contributed by atoms with van der Waals surface area (Å²) in [5, 5.41) is 0. The molecule has 0 fully saturated rings. The minimum atomic E-state index is 0.166. The molecule has 0 heterocycles. The zero-order valence-corrected chi connectivity index (χ0v) is 9.59. The number of nitrogens with two attached hydrogens (primary N) is 1. The van der Waals surface area contributed by atoms with Crippen molar-refractivity contribution in [2.75, 3.05) is 0 Å². The molecule has 0 aliphatic rings. The SMILES string of the molecule is C=C(C)/C=C\C(C)[C@@H](N)C(C)(C)C. The highest BCUT2D eigenvalue weighted by molar-refractivity contribution is 5.12. The fraction of sp³-hybridized carbons (Fsp3) is 0.667. The van der Waals surface area contributed by atoms with Crippen molar-refractivity contribution in [1.29, 1.82) is 0 Å². The Hall–Kier alpha value is -0.560. The predicted molar refractivity (Wildman–Crippen MR) is 60.5 cm³/mol. The second-order valence-electron chi connectivity index (χ2n) is 4.96. The third kappa shape index (κ3) is 4.89. The molecule has 0 saturated heterocycles. The van der Waals surface area contributed by atoms with Crippen LogP contribution in [0.25, 0.3) is 0 Å². The molecule has 0 aliphatic heterocycles. The topological polar surface area (TPSA) is 26.0 Å². The average molecular weight is 181 g/mol. The van der Waals surface area contributed by atoms with Crippen LogP contribution in [0.1, 0.15) is 34.6 Å². The van der Waals surface area contributed by atoms with E-state index in [1.807, 2.05) is 13.0 Å². The van der Waals surface area contributed by atoms with Gasteiger partial charge in [-0.15, -0.1) is 0 Å². The van der Waals surface area contributed by atoms with Crippen LogP contribution >= 0.6 is 0 Å². The van der Waals surface area contributed by atoms with Crippen molar-refractivity contribution in [3.63, 3.8) is 0 Å². The average Bonchev–Trinajstić information content (AvgIpc) is 1.96. The Labute approximate surface area is 82.7 Å². The maximum absolute atomic E-state index is 6.10.